The molecule has 0 atom stereocenters. The minimum atomic E-state index is -0.930. The largest absolute Gasteiger partial charge is 0.493 e. The maximum Gasteiger partial charge on any atom is 0.192 e. The number of rotatable bonds is 4. The van der Waals surface area contributed by atoms with Crippen molar-refractivity contribution in [3.05, 3.63) is 59.4 Å². The maximum atomic E-state index is 15.9. The van der Waals surface area contributed by atoms with Gasteiger partial charge in [-0.15, -0.1) is 0 Å². The lowest BCUT2D eigenvalue weighted by atomic mass is 9.77. The van der Waals surface area contributed by atoms with E-state index in [1.54, 1.807) is 6.92 Å². The van der Waals surface area contributed by atoms with Crippen molar-refractivity contribution < 1.29 is 23.0 Å². The second-order valence-corrected chi connectivity index (χ2v) is 8.83. The molecule has 0 radical (unpaired) electrons. The van der Waals surface area contributed by atoms with Crippen molar-refractivity contribution >= 4 is 16.7 Å². The van der Waals surface area contributed by atoms with Crippen LogP contribution < -0.4 is 10.5 Å². The summed E-state index contributed by atoms with van der Waals surface area (Å²) >= 11 is 0. The van der Waals surface area contributed by atoms with E-state index >= 15 is 8.78 Å². The van der Waals surface area contributed by atoms with Crippen molar-refractivity contribution in [1.82, 2.24) is 14.8 Å². The minimum absolute atomic E-state index is 0.00604. The van der Waals surface area contributed by atoms with Gasteiger partial charge in [-0.2, -0.15) is 10.4 Å². The Morgan fingerprint density at radius 1 is 1.11 bits per heavy atom. The summed E-state index contributed by atoms with van der Waals surface area (Å²) in [5, 5.41) is 24.2. The molecule has 0 amide bonds. The van der Waals surface area contributed by atoms with E-state index in [0.717, 1.165) is 6.07 Å². The number of benzene rings is 2. The lowest BCUT2D eigenvalue weighted by Crippen LogP contribution is -2.42. The first-order valence-electron chi connectivity index (χ1n) is 10.8. The highest BCUT2D eigenvalue weighted by Crippen LogP contribution is 2.44. The van der Waals surface area contributed by atoms with Crippen LogP contribution in [0.1, 0.15) is 31.4 Å². The SMILES string of the molecule is COc1c(F)c(-c2ccccc2F)nc2c(F)c(-c3nn([C@H]4C[C@@](C)(O)C4)c(N)c3C#N)ccc12. The lowest BCUT2D eigenvalue weighted by Gasteiger charge is -2.41. The van der Waals surface area contributed by atoms with E-state index in [-0.39, 0.29) is 50.9 Å². The molecule has 10 heteroatoms. The molecule has 2 aromatic carbocycles. The number of aromatic nitrogens is 3. The van der Waals surface area contributed by atoms with Gasteiger partial charge in [-0.1, -0.05) is 12.1 Å². The van der Waals surface area contributed by atoms with Gasteiger partial charge < -0.3 is 15.6 Å². The standard InChI is InChI=1S/C25H20F3N5O2/c1-25(34)9-12(10-25)33-24(30)16(11-29)20(32-33)14-7-8-15-22(18(14)27)31-21(19(28)23(15)35-2)13-5-3-4-6-17(13)26/h3-8,12,34H,9-10,30H2,1-2H3/t12-,25+. The Kier molecular flexibility index (Phi) is 5.18. The molecule has 4 aromatic rings. The molecule has 0 spiro atoms. The monoisotopic (exact) mass is 479 g/mol. The van der Waals surface area contributed by atoms with Crippen LogP contribution in [0.3, 0.4) is 0 Å². The number of fused-ring (bicyclic) bond motifs is 1. The Morgan fingerprint density at radius 3 is 2.46 bits per heavy atom. The number of pyridine rings is 1. The smallest absolute Gasteiger partial charge is 0.192 e. The molecule has 5 rings (SSSR count). The van der Waals surface area contributed by atoms with E-state index < -0.39 is 28.7 Å². The summed E-state index contributed by atoms with van der Waals surface area (Å²) < 4.78 is 52.2. The van der Waals surface area contributed by atoms with Crippen LogP contribution in [0.2, 0.25) is 0 Å². The number of anilines is 1. The van der Waals surface area contributed by atoms with Crippen LogP contribution in [0, 0.1) is 28.8 Å². The van der Waals surface area contributed by atoms with E-state index in [1.165, 1.54) is 42.1 Å². The molecule has 2 aromatic heterocycles. The summed E-state index contributed by atoms with van der Waals surface area (Å²) in [6, 6.07) is 9.90. The molecule has 1 saturated carbocycles. The summed E-state index contributed by atoms with van der Waals surface area (Å²) in [5.74, 6) is -2.78. The fraction of sp³-hybridized carbons (Fsp3) is 0.240. The number of nitrogens with two attached hydrogens (primary N) is 1. The zero-order valence-corrected chi connectivity index (χ0v) is 18.8. The quantitative estimate of drug-likeness (QED) is 0.438. The Labute approximate surface area is 198 Å². The fourth-order valence-corrected chi connectivity index (χ4v) is 4.61. The second kappa shape index (κ2) is 7.99. The molecule has 0 bridgehead atoms. The second-order valence-electron chi connectivity index (χ2n) is 8.83. The zero-order chi connectivity index (χ0) is 25.1. The van der Waals surface area contributed by atoms with Gasteiger partial charge in [0.25, 0.3) is 0 Å². The number of nitrogen functional groups attached to an aromatic ring is 1. The number of nitriles is 1. The predicted molar refractivity (Wildman–Crippen MR) is 123 cm³/mol. The highest BCUT2D eigenvalue weighted by atomic mass is 19.1. The molecule has 178 valence electrons. The summed E-state index contributed by atoms with van der Waals surface area (Å²) in [4.78, 5) is 4.11. The van der Waals surface area contributed by atoms with Crippen LogP contribution in [-0.4, -0.2) is 32.6 Å². The summed E-state index contributed by atoms with van der Waals surface area (Å²) in [7, 11) is 1.22. The molecule has 3 N–H and O–H groups in total. The number of methoxy groups -OCH3 is 1. The Morgan fingerprint density at radius 2 is 1.83 bits per heavy atom. The highest BCUT2D eigenvalue weighted by Gasteiger charge is 2.41. The lowest BCUT2D eigenvalue weighted by molar-refractivity contribution is -0.0535. The molecule has 1 fully saturated rings. The fourth-order valence-electron chi connectivity index (χ4n) is 4.61. The first-order chi connectivity index (χ1) is 16.7. The van der Waals surface area contributed by atoms with Gasteiger partial charge in [-0.05, 0) is 44.0 Å². The average molecular weight is 479 g/mol. The van der Waals surface area contributed by atoms with Gasteiger partial charge in [0.2, 0.25) is 0 Å². The van der Waals surface area contributed by atoms with E-state index in [4.69, 9.17) is 10.5 Å². The van der Waals surface area contributed by atoms with Crippen molar-refractivity contribution in [2.24, 2.45) is 0 Å². The van der Waals surface area contributed by atoms with Gasteiger partial charge in [-0.3, -0.25) is 0 Å². The number of nitrogens with zero attached hydrogens (tertiary/aromatic N) is 4. The first kappa shape index (κ1) is 22.7. The predicted octanol–water partition coefficient (Wildman–Crippen LogP) is 4.73. The van der Waals surface area contributed by atoms with Crippen LogP contribution >= 0.6 is 0 Å². The van der Waals surface area contributed by atoms with Crippen molar-refractivity contribution in [3.63, 3.8) is 0 Å². The molecule has 0 saturated heterocycles. The Hall–Kier alpha value is -4.10. The number of hydrogen-bond acceptors (Lipinski definition) is 6. The molecule has 1 aliphatic rings. The summed E-state index contributed by atoms with van der Waals surface area (Å²) in [6.07, 6.45) is 0.765. The minimum Gasteiger partial charge on any atom is -0.493 e. The first-order valence-corrected chi connectivity index (χ1v) is 10.8. The van der Waals surface area contributed by atoms with Gasteiger partial charge in [0, 0.05) is 16.5 Å². The van der Waals surface area contributed by atoms with Crippen LogP contribution in [0.4, 0.5) is 19.0 Å². The molecule has 1 aliphatic carbocycles. The summed E-state index contributed by atoms with van der Waals surface area (Å²) in [5.41, 5.74) is 4.33. The molecule has 7 nitrogen and oxygen atoms in total. The van der Waals surface area contributed by atoms with E-state index in [0.29, 0.717) is 12.8 Å². The topological polar surface area (TPSA) is 110 Å². The Bertz CT molecular complexity index is 1530. The van der Waals surface area contributed by atoms with Crippen LogP contribution in [0.15, 0.2) is 36.4 Å². The molecular formula is C25H20F3N5O2. The van der Waals surface area contributed by atoms with Gasteiger partial charge in [-0.25, -0.2) is 22.8 Å². The molecule has 35 heavy (non-hydrogen) atoms. The van der Waals surface area contributed by atoms with Crippen LogP contribution in [0.5, 0.6) is 5.75 Å². The Balaban J connectivity index is 1.73. The van der Waals surface area contributed by atoms with Crippen molar-refractivity contribution in [3.8, 4) is 34.3 Å². The van der Waals surface area contributed by atoms with E-state index in [1.807, 2.05) is 6.07 Å². The van der Waals surface area contributed by atoms with Crippen molar-refractivity contribution in [1.29, 1.82) is 5.26 Å². The summed E-state index contributed by atoms with van der Waals surface area (Å²) in [6.45, 7) is 1.68. The number of aliphatic hydroxyl groups is 1. The van der Waals surface area contributed by atoms with E-state index in [2.05, 4.69) is 10.1 Å². The maximum absolute atomic E-state index is 15.9. The van der Waals surface area contributed by atoms with Crippen molar-refractivity contribution in [2.75, 3.05) is 12.8 Å². The number of hydrogen-bond donors (Lipinski definition) is 2. The third kappa shape index (κ3) is 3.47. The van der Waals surface area contributed by atoms with Crippen molar-refractivity contribution in [2.45, 2.75) is 31.4 Å². The van der Waals surface area contributed by atoms with Gasteiger partial charge in [0.1, 0.15) is 40.2 Å². The third-order valence-electron chi connectivity index (χ3n) is 6.34. The van der Waals surface area contributed by atoms with Crippen LogP contribution in [0.25, 0.3) is 33.4 Å². The number of halogens is 3. The zero-order valence-electron chi connectivity index (χ0n) is 18.8. The number of ether oxygens (including phenoxy) is 1. The molecular weight excluding hydrogens is 459 g/mol. The molecule has 0 aliphatic heterocycles. The van der Waals surface area contributed by atoms with Gasteiger partial charge in [0.15, 0.2) is 17.4 Å². The third-order valence-corrected chi connectivity index (χ3v) is 6.34. The highest BCUT2D eigenvalue weighted by molar-refractivity contribution is 5.92. The van der Waals surface area contributed by atoms with Gasteiger partial charge >= 0.3 is 0 Å². The van der Waals surface area contributed by atoms with Crippen LogP contribution in [-0.2, 0) is 0 Å². The normalized spacial score (nSPS) is 19.4. The van der Waals surface area contributed by atoms with E-state index in [9.17, 15) is 14.8 Å². The average Bonchev–Trinajstić information content (AvgIpc) is 3.13. The molecule has 0 unspecified atom stereocenters. The molecule has 2 heterocycles. The van der Waals surface area contributed by atoms with Gasteiger partial charge in [0.05, 0.1) is 18.8 Å².